The maximum atomic E-state index is 15.3. The predicted octanol–water partition coefficient (Wildman–Crippen LogP) is 4.45. The molecule has 0 spiro atoms. The standard InChI is InChI=1S/C25H34F2N4O8S/c1-8-36-20(32)18(27)40-19(29-30-22(34)39-25(5,6)7)16-10-9-14(11-17(16)26)31-13-15(37-23(31)35)12-28-21(33)38-24(2,3)4/h9-11,15,18H,8,12-13H2,1-7H3,(H,28,33)(H,30,34)/t15-,18?/m0/s1. The van der Waals surface area contributed by atoms with Crippen molar-refractivity contribution in [3.8, 4) is 0 Å². The fourth-order valence-corrected chi connectivity index (χ4v) is 3.85. The number of rotatable bonds is 8. The van der Waals surface area contributed by atoms with Crippen LogP contribution in [-0.2, 0) is 23.7 Å². The van der Waals surface area contributed by atoms with Gasteiger partial charge in [0.1, 0.15) is 28.2 Å². The number of carbonyl (C=O) groups excluding carboxylic acids is 4. The van der Waals surface area contributed by atoms with Crippen molar-refractivity contribution in [2.75, 3.05) is 24.6 Å². The summed E-state index contributed by atoms with van der Waals surface area (Å²) in [4.78, 5) is 49.3. The fraction of sp³-hybridized carbons (Fsp3) is 0.560. The van der Waals surface area contributed by atoms with E-state index in [0.717, 1.165) is 11.0 Å². The van der Waals surface area contributed by atoms with Gasteiger partial charge >= 0.3 is 24.2 Å². The molecule has 1 saturated heterocycles. The number of carbonyl (C=O) groups is 4. The molecule has 2 atom stereocenters. The van der Waals surface area contributed by atoms with Crippen LogP contribution in [0.3, 0.4) is 0 Å². The van der Waals surface area contributed by atoms with Crippen molar-refractivity contribution in [1.29, 1.82) is 0 Å². The summed E-state index contributed by atoms with van der Waals surface area (Å²) < 4.78 is 49.9. The zero-order chi connectivity index (χ0) is 30.3. The minimum absolute atomic E-state index is 0.00126. The molecule has 1 heterocycles. The molecular formula is C25H34F2N4O8S. The van der Waals surface area contributed by atoms with Gasteiger partial charge in [-0.3, -0.25) is 4.90 Å². The molecule has 0 bridgehead atoms. The highest BCUT2D eigenvalue weighted by Crippen LogP contribution is 2.28. The molecule has 1 aliphatic heterocycles. The number of hydrogen-bond donors (Lipinski definition) is 2. The number of cyclic esters (lactones) is 1. The van der Waals surface area contributed by atoms with Crippen molar-refractivity contribution < 1.29 is 46.9 Å². The zero-order valence-electron chi connectivity index (χ0n) is 23.3. The van der Waals surface area contributed by atoms with Crippen LogP contribution in [0.15, 0.2) is 23.3 Å². The summed E-state index contributed by atoms with van der Waals surface area (Å²) in [5.74, 6) is -2.14. The Kier molecular flexibility index (Phi) is 11.1. The van der Waals surface area contributed by atoms with Gasteiger partial charge in [-0.25, -0.2) is 33.4 Å². The molecule has 12 nitrogen and oxygen atoms in total. The highest BCUT2D eigenvalue weighted by Gasteiger charge is 2.34. The van der Waals surface area contributed by atoms with Crippen molar-refractivity contribution >= 4 is 46.7 Å². The van der Waals surface area contributed by atoms with Gasteiger partial charge in [0.25, 0.3) is 0 Å². The molecule has 0 radical (unpaired) electrons. The van der Waals surface area contributed by atoms with E-state index in [1.807, 2.05) is 0 Å². The SMILES string of the molecule is CCOC(=O)C(F)SC(=NNC(=O)OC(C)(C)C)c1ccc(N2C[C@H](CNC(=O)OC(C)(C)C)OC2=O)cc1F. The average molecular weight is 589 g/mol. The number of thioether (sulfide) groups is 1. The van der Waals surface area contributed by atoms with Crippen molar-refractivity contribution in [2.24, 2.45) is 5.10 Å². The quantitative estimate of drug-likeness (QED) is 0.148. The molecule has 222 valence electrons. The second-order valence-corrected chi connectivity index (χ2v) is 11.4. The number of amides is 3. The van der Waals surface area contributed by atoms with Gasteiger partial charge in [0.15, 0.2) is 0 Å². The molecule has 15 heteroatoms. The lowest BCUT2D eigenvalue weighted by atomic mass is 10.2. The van der Waals surface area contributed by atoms with Gasteiger partial charge < -0.3 is 24.3 Å². The van der Waals surface area contributed by atoms with E-state index < -0.39 is 52.9 Å². The van der Waals surface area contributed by atoms with Crippen LogP contribution in [0, 0.1) is 5.82 Å². The lowest BCUT2D eigenvalue weighted by Crippen LogP contribution is -2.38. The number of ether oxygens (including phenoxy) is 4. The predicted molar refractivity (Wildman–Crippen MR) is 143 cm³/mol. The first-order chi connectivity index (χ1) is 18.5. The first-order valence-electron chi connectivity index (χ1n) is 12.3. The number of hydrogen-bond acceptors (Lipinski definition) is 10. The molecule has 1 aromatic rings. The molecule has 1 aromatic carbocycles. The van der Waals surface area contributed by atoms with Crippen LogP contribution in [0.2, 0.25) is 0 Å². The summed E-state index contributed by atoms with van der Waals surface area (Å²) in [5.41, 5.74) is -1.95. The van der Waals surface area contributed by atoms with Crippen LogP contribution >= 0.6 is 11.8 Å². The number of alkyl halides is 1. The van der Waals surface area contributed by atoms with Crippen LogP contribution in [-0.4, -0.2) is 71.8 Å². The maximum Gasteiger partial charge on any atom is 0.428 e. The smallest absolute Gasteiger partial charge is 0.428 e. The van der Waals surface area contributed by atoms with Crippen molar-refractivity contribution in [3.05, 3.63) is 29.6 Å². The molecular weight excluding hydrogens is 554 g/mol. The van der Waals surface area contributed by atoms with Crippen molar-refractivity contribution in [2.45, 2.75) is 71.3 Å². The van der Waals surface area contributed by atoms with Crippen LogP contribution in [0.5, 0.6) is 0 Å². The third kappa shape index (κ3) is 10.5. The molecule has 1 fully saturated rings. The number of nitrogens with one attached hydrogen (secondary N) is 2. The Morgan fingerprint density at radius 2 is 1.77 bits per heavy atom. The highest BCUT2D eigenvalue weighted by molar-refractivity contribution is 8.15. The molecule has 0 saturated carbocycles. The van der Waals surface area contributed by atoms with E-state index in [4.69, 9.17) is 14.2 Å². The number of anilines is 1. The van der Waals surface area contributed by atoms with Gasteiger partial charge in [0.05, 0.1) is 25.4 Å². The van der Waals surface area contributed by atoms with E-state index >= 15 is 4.39 Å². The Hall–Kier alpha value is -3.62. The summed E-state index contributed by atoms with van der Waals surface area (Å²) >= 11 is 0.213. The molecule has 1 unspecified atom stereocenters. The van der Waals surface area contributed by atoms with Gasteiger partial charge in [-0.15, -0.1) is 0 Å². The number of halogens is 2. The largest absolute Gasteiger partial charge is 0.463 e. The Balaban J connectivity index is 2.21. The second-order valence-electron chi connectivity index (χ2n) is 10.4. The molecule has 1 aliphatic rings. The summed E-state index contributed by atoms with van der Waals surface area (Å²) in [6.07, 6.45) is -3.18. The van der Waals surface area contributed by atoms with Crippen LogP contribution < -0.4 is 15.6 Å². The number of nitrogens with zero attached hydrogens (tertiary/aromatic N) is 2. The third-order valence-corrected chi connectivity index (χ3v) is 5.51. The second kappa shape index (κ2) is 13.6. The Labute approximate surface area is 235 Å². The Morgan fingerprint density at radius 1 is 1.15 bits per heavy atom. The van der Waals surface area contributed by atoms with Crippen LogP contribution in [0.25, 0.3) is 0 Å². The molecule has 2 N–H and O–H groups in total. The maximum absolute atomic E-state index is 15.3. The van der Waals surface area contributed by atoms with E-state index in [0.29, 0.717) is 0 Å². The number of hydrazone groups is 1. The molecule has 0 aliphatic carbocycles. The summed E-state index contributed by atoms with van der Waals surface area (Å²) in [6, 6.07) is 3.54. The normalized spacial score (nSPS) is 16.6. The third-order valence-electron chi connectivity index (χ3n) is 4.58. The number of esters is 1. The summed E-state index contributed by atoms with van der Waals surface area (Å²) in [6.45, 7) is 11.3. The highest BCUT2D eigenvalue weighted by atomic mass is 32.2. The van der Waals surface area contributed by atoms with Gasteiger partial charge in [-0.2, -0.15) is 5.10 Å². The lowest BCUT2D eigenvalue weighted by molar-refractivity contribution is -0.145. The topological polar surface area (TPSA) is 145 Å². The first kappa shape index (κ1) is 32.6. The number of alkyl carbamates (subject to hydrolysis) is 1. The van der Waals surface area contributed by atoms with E-state index in [-0.39, 0.29) is 47.8 Å². The van der Waals surface area contributed by atoms with Crippen molar-refractivity contribution in [1.82, 2.24) is 10.7 Å². The van der Waals surface area contributed by atoms with Gasteiger partial charge in [0, 0.05) is 5.56 Å². The summed E-state index contributed by atoms with van der Waals surface area (Å²) in [7, 11) is 0. The Morgan fingerprint density at radius 3 is 2.35 bits per heavy atom. The minimum Gasteiger partial charge on any atom is -0.463 e. The lowest BCUT2D eigenvalue weighted by Gasteiger charge is -2.20. The average Bonchev–Trinajstić information content (AvgIpc) is 3.18. The molecule has 40 heavy (non-hydrogen) atoms. The first-order valence-corrected chi connectivity index (χ1v) is 13.2. The molecule has 3 amide bonds. The van der Waals surface area contributed by atoms with E-state index in [2.05, 4.69) is 20.6 Å². The summed E-state index contributed by atoms with van der Waals surface area (Å²) in [5, 5.41) is 5.87. The van der Waals surface area contributed by atoms with Crippen molar-refractivity contribution in [3.63, 3.8) is 0 Å². The minimum atomic E-state index is -2.27. The molecule has 0 aromatic heterocycles. The van der Waals surface area contributed by atoms with Gasteiger partial charge in [-0.05, 0) is 66.7 Å². The zero-order valence-corrected chi connectivity index (χ0v) is 24.1. The van der Waals surface area contributed by atoms with E-state index in [9.17, 15) is 23.6 Å². The van der Waals surface area contributed by atoms with E-state index in [1.54, 1.807) is 41.5 Å². The Bertz CT molecular complexity index is 1140. The number of benzene rings is 1. The fourth-order valence-electron chi connectivity index (χ4n) is 3.10. The van der Waals surface area contributed by atoms with Crippen LogP contribution in [0.4, 0.5) is 28.9 Å². The van der Waals surface area contributed by atoms with Gasteiger partial charge in [-0.1, -0.05) is 11.8 Å². The monoisotopic (exact) mass is 588 g/mol. The molecule has 2 rings (SSSR count). The van der Waals surface area contributed by atoms with E-state index in [1.165, 1.54) is 19.1 Å². The van der Waals surface area contributed by atoms with Crippen LogP contribution in [0.1, 0.15) is 54.0 Å². The van der Waals surface area contributed by atoms with Gasteiger partial charge in [0.2, 0.25) is 5.50 Å².